The summed E-state index contributed by atoms with van der Waals surface area (Å²) < 4.78 is 10.3. The molecule has 0 aliphatic carbocycles. The Morgan fingerprint density at radius 1 is 1.08 bits per heavy atom. The number of esters is 1. The van der Waals surface area contributed by atoms with Crippen molar-refractivity contribution in [3.63, 3.8) is 0 Å². The zero-order valence-electron chi connectivity index (χ0n) is 13.8. The number of nitrogens with zero attached hydrogens (tertiary/aromatic N) is 1. The summed E-state index contributed by atoms with van der Waals surface area (Å²) in [5, 5.41) is 9.15. The molecule has 0 radical (unpaired) electrons. The van der Waals surface area contributed by atoms with Gasteiger partial charge in [-0.2, -0.15) is 5.26 Å². The highest BCUT2D eigenvalue weighted by Gasteiger charge is 2.14. The minimum atomic E-state index is -0.833. The molecule has 0 aliphatic heterocycles. The monoisotopic (exact) mass is 335 g/mol. The Labute approximate surface area is 146 Å². The van der Waals surface area contributed by atoms with Crippen LogP contribution in [-0.2, 0) is 9.53 Å². The van der Waals surface area contributed by atoms with Crippen molar-refractivity contribution in [2.24, 2.45) is 0 Å². The molecule has 0 atom stereocenters. The number of Topliss-reactive ketones (excluding diaryl/α,β-unsaturated/α-hetero) is 1. The summed E-state index contributed by atoms with van der Waals surface area (Å²) in [6, 6.07) is 17.2. The Bertz CT molecular complexity index is 802. The number of nitriles is 1. The van der Waals surface area contributed by atoms with Crippen molar-refractivity contribution >= 4 is 17.8 Å². The topological polar surface area (TPSA) is 76.4 Å². The molecular weight excluding hydrogens is 318 g/mol. The minimum absolute atomic E-state index is 0.176. The van der Waals surface area contributed by atoms with E-state index < -0.39 is 12.6 Å². The van der Waals surface area contributed by atoms with E-state index >= 15 is 0 Å². The zero-order chi connectivity index (χ0) is 18.1. The highest BCUT2D eigenvalue weighted by molar-refractivity contribution is 6.01. The van der Waals surface area contributed by atoms with Crippen LogP contribution in [0.3, 0.4) is 0 Å². The lowest BCUT2D eigenvalue weighted by atomic mass is 10.1. The normalized spacial score (nSPS) is 10.6. The summed E-state index contributed by atoms with van der Waals surface area (Å²) in [4.78, 5) is 23.9. The van der Waals surface area contributed by atoms with Gasteiger partial charge in [0.15, 0.2) is 12.4 Å². The van der Waals surface area contributed by atoms with Gasteiger partial charge in [-0.25, -0.2) is 4.79 Å². The third-order valence-corrected chi connectivity index (χ3v) is 3.27. The van der Waals surface area contributed by atoms with Crippen LogP contribution in [0.15, 0.2) is 60.2 Å². The molecule has 0 bridgehead atoms. The van der Waals surface area contributed by atoms with Gasteiger partial charge >= 0.3 is 5.97 Å². The number of hydrogen-bond donors (Lipinski definition) is 0. The summed E-state index contributed by atoms with van der Waals surface area (Å²) in [6.07, 6.45) is 1.41. The second-order valence-corrected chi connectivity index (χ2v) is 5.04. The fraction of sp³-hybridized carbons (Fsp3) is 0.150. The van der Waals surface area contributed by atoms with Crippen LogP contribution in [0.2, 0.25) is 0 Å². The SMILES string of the molecule is CCOc1ccc(/C=C(\C#N)C(=O)OCC(=O)c2ccccc2)cc1. The number of benzene rings is 2. The van der Waals surface area contributed by atoms with Gasteiger partial charge in [0, 0.05) is 5.56 Å². The van der Waals surface area contributed by atoms with E-state index in [1.165, 1.54) is 6.08 Å². The Kier molecular flexibility index (Phi) is 6.49. The fourth-order valence-electron chi connectivity index (χ4n) is 2.05. The molecule has 0 amide bonds. The van der Waals surface area contributed by atoms with E-state index in [9.17, 15) is 9.59 Å². The molecule has 25 heavy (non-hydrogen) atoms. The van der Waals surface area contributed by atoms with Gasteiger partial charge in [-0.1, -0.05) is 42.5 Å². The summed E-state index contributed by atoms with van der Waals surface area (Å²) in [7, 11) is 0. The van der Waals surface area contributed by atoms with Crippen molar-refractivity contribution in [2.75, 3.05) is 13.2 Å². The van der Waals surface area contributed by atoms with Crippen LogP contribution < -0.4 is 4.74 Å². The second kappa shape index (κ2) is 9.04. The smallest absolute Gasteiger partial charge is 0.349 e. The van der Waals surface area contributed by atoms with Crippen LogP contribution in [0.1, 0.15) is 22.8 Å². The van der Waals surface area contributed by atoms with Gasteiger partial charge in [0.1, 0.15) is 17.4 Å². The van der Waals surface area contributed by atoms with Crippen molar-refractivity contribution in [2.45, 2.75) is 6.92 Å². The predicted octanol–water partition coefficient (Wildman–Crippen LogP) is 3.42. The molecule has 0 heterocycles. The van der Waals surface area contributed by atoms with Gasteiger partial charge in [0.05, 0.1) is 6.61 Å². The number of hydrogen-bond acceptors (Lipinski definition) is 5. The van der Waals surface area contributed by atoms with E-state index in [4.69, 9.17) is 14.7 Å². The first-order valence-electron chi connectivity index (χ1n) is 7.74. The average molecular weight is 335 g/mol. The van der Waals surface area contributed by atoms with E-state index in [1.54, 1.807) is 60.7 Å². The quantitative estimate of drug-likeness (QED) is 0.335. The molecule has 5 nitrogen and oxygen atoms in total. The molecule has 126 valence electrons. The average Bonchev–Trinajstić information content (AvgIpc) is 2.66. The molecular formula is C20H17NO4. The Morgan fingerprint density at radius 2 is 1.76 bits per heavy atom. The predicted molar refractivity (Wildman–Crippen MR) is 92.9 cm³/mol. The van der Waals surface area contributed by atoms with Gasteiger partial charge < -0.3 is 9.47 Å². The third kappa shape index (κ3) is 5.33. The Hall–Kier alpha value is -3.39. The molecule has 2 aromatic carbocycles. The van der Waals surface area contributed by atoms with Crippen molar-refractivity contribution < 1.29 is 19.1 Å². The standard InChI is InChI=1S/C20H17NO4/c1-2-24-18-10-8-15(9-11-18)12-17(13-21)20(23)25-14-19(22)16-6-4-3-5-7-16/h3-12H,2,14H2,1H3/b17-12+. The third-order valence-electron chi connectivity index (χ3n) is 3.27. The molecule has 0 saturated heterocycles. The molecule has 0 saturated carbocycles. The summed E-state index contributed by atoms with van der Waals surface area (Å²) in [5.41, 5.74) is 0.931. The number of ether oxygens (including phenoxy) is 2. The number of ketones is 1. The first kappa shape index (κ1) is 18.0. The Morgan fingerprint density at radius 3 is 2.36 bits per heavy atom. The van der Waals surface area contributed by atoms with Gasteiger partial charge in [0.25, 0.3) is 0 Å². The highest BCUT2D eigenvalue weighted by Crippen LogP contribution is 2.15. The van der Waals surface area contributed by atoms with Gasteiger partial charge in [-0.15, -0.1) is 0 Å². The largest absolute Gasteiger partial charge is 0.494 e. The molecule has 0 aromatic heterocycles. The lowest BCUT2D eigenvalue weighted by molar-refractivity contribution is -0.137. The lowest BCUT2D eigenvalue weighted by Crippen LogP contribution is -2.15. The van der Waals surface area contributed by atoms with Crippen LogP contribution in [0.4, 0.5) is 0 Å². The molecule has 0 N–H and O–H groups in total. The maximum Gasteiger partial charge on any atom is 0.349 e. The summed E-state index contributed by atoms with van der Waals surface area (Å²) in [6.45, 7) is 2.03. The van der Waals surface area contributed by atoms with Crippen LogP contribution >= 0.6 is 0 Å². The van der Waals surface area contributed by atoms with E-state index in [-0.39, 0.29) is 11.4 Å². The lowest BCUT2D eigenvalue weighted by Gasteiger charge is -2.04. The maximum absolute atomic E-state index is 12.0. The Balaban J connectivity index is 2.00. The second-order valence-electron chi connectivity index (χ2n) is 5.04. The van der Waals surface area contributed by atoms with Gasteiger partial charge in [-0.05, 0) is 30.7 Å². The fourth-order valence-corrected chi connectivity index (χ4v) is 2.05. The first-order chi connectivity index (χ1) is 12.1. The van der Waals surface area contributed by atoms with E-state index in [0.29, 0.717) is 23.5 Å². The van der Waals surface area contributed by atoms with E-state index in [2.05, 4.69) is 0 Å². The van der Waals surface area contributed by atoms with Crippen LogP contribution in [-0.4, -0.2) is 25.0 Å². The summed E-state index contributed by atoms with van der Waals surface area (Å²) in [5.74, 6) is -0.456. The molecule has 0 spiro atoms. The van der Waals surface area contributed by atoms with Crippen molar-refractivity contribution in [1.29, 1.82) is 5.26 Å². The minimum Gasteiger partial charge on any atom is -0.494 e. The number of carbonyl (C=O) groups excluding carboxylic acids is 2. The number of rotatable bonds is 7. The first-order valence-corrected chi connectivity index (χ1v) is 7.74. The van der Waals surface area contributed by atoms with Crippen LogP contribution in [0.25, 0.3) is 6.08 Å². The molecule has 2 aromatic rings. The van der Waals surface area contributed by atoms with Crippen molar-refractivity contribution in [3.8, 4) is 11.8 Å². The molecule has 0 unspecified atom stereocenters. The van der Waals surface area contributed by atoms with E-state index in [1.807, 2.05) is 6.92 Å². The van der Waals surface area contributed by atoms with Crippen molar-refractivity contribution in [3.05, 3.63) is 71.3 Å². The van der Waals surface area contributed by atoms with Crippen LogP contribution in [0.5, 0.6) is 5.75 Å². The molecule has 0 aliphatic rings. The summed E-state index contributed by atoms with van der Waals surface area (Å²) >= 11 is 0. The molecule has 5 heteroatoms. The molecule has 0 fully saturated rings. The maximum atomic E-state index is 12.0. The molecule has 2 rings (SSSR count). The van der Waals surface area contributed by atoms with Gasteiger partial charge in [0.2, 0.25) is 0 Å². The van der Waals surface area contributed by atoms with Crippen LogP contribution in [0, 0.1) is 11.3 Å². The highest BCUT2D eigenvalue weighted by atomic mass is 16.5. The zero-order valence-corrected chi connectivity index (χ0v) is 13.8. The number of carbonyl (C=O) groups is 2. The van der Waals surface area contributed by atoms with E-state index in [0.717, 1.165) is 0 Å². The van der Waals surface area contributed by atoms with Gasteiger partial charge in [-0.3, -0.25) is 4.79 Å². The van der Waals surface area contributed by atoms with Crippen molar-refractivity contribution in [1.82, 2.24) is 0 Å².